The van der Waals surface area contributed by atoms with Gasteiger partial charge in [-0.25, -0.2) is 9.37 Å². The fraction of sp³-hybridized carbons (Fsp3) is 0.182. The molecule has 0 saturated heterocycles. The second-order valence-electron chi connectivity index (χ2n) is 3.14. The Bertz CT molecular complexity index is 481. The van der Waals surface area contributed by atoms with Gasteiger partial charge < -0.3 is 4.74 Å². The van der Waals surface area contributed by atoms with Gasteiger partial charge in [0.1, 0.15) is 16.6 Å². The standard InChI is InChI=1S/C11H10FNOS/c1-7-6-15-11(13-7)9-5-8(12)3-4-10(9)14-2/h3-6H,1-2H3. The van der Waals surface area contributed by atoms with Gasteiger partial charge in [-0.1, -0.05) is 0 Å². The van der Waals surface area contributed by atoms with Crippen molar-refractivity contribution in [2.24, 2.45) is 0 Å². The highest BCUT2D eigenvalue weighted by Crippen LogP contribution is 2.32. The van der Waals surface area contributed by atoms with E-state index in [9.17, 15) is 4.39 Å². The first-order chi connectivity index (χ1) is 7.20. The first-order valence-corrected chi connectivity index (χ1v) is 5.34. The molecular weight excluding hydrogens is 213 g/mol. The summed E-state index contributed by atoms with van der Waals surface area (Å²) in [6.45, 7) is 1.91. The lowest BCUT2D eigenvalue weighted by molar-refractivity contribution is 0.415. The maximum Gasteiger partial charge on any atom is 0.129 e. The predicted octanol–water partition coefficient (Wildman–Crippen LogP) is 3.27. The first kappa shape index (κ1) is 10.1. The molecule has 0 aliphatic rings. The molecular formula is C11H10FNOS. The topological polar surface area (TPSA) is 22.1 Å². The van der Waals surface area contributed by atoms with Crippen molar-refractivity contribution in [1.29, 1.82) is 0 Å². The van der Waals surface area contributed by atoms with E-state index in [0.717, 1.165) is 10.7 Å². The zero-order valence-corrected chi connectivity index (χ0v) is 9.27. The number of halogens is 1. The average Bonchev–Trinajstić information content (AvgIpc) is 2.65. The number of hydrogen-bond acceptors (Lipinski definition) is 3. The van der Waals surface area contributed by atoms with Crippen molar-refractivity contribution >= 4 is 11.3 Å². The van der Waals surface area contributed by atoms with Crippen LogP contribution in [-0.4, -0.2) is 12.1 Å². The number of ether oxygens (including phenoxy) is 1. The Morgan fingerprint density at radius 1 is 1.40 bits per heavy atom. The number of thiazole rings is 1. The van der Waals surface area contributed by atoms with Gasteiger partial charge in [-0.05, 0) is 25.1 Å². The predicted molar refractivity (Wildman–Crippen MR) is 58.8 cm³/mol. The van der Waals surface area contributed by atoms with Crippen LogP contribution in [0.25, 0.3) is 10.6 Å². The van der Waals surface area contributed by atoms with E-state index in [4.69, 9.17) is 4.74 Å². The maximum atomic E-state index is 13.1. The quantitative estimate of drug-likeness (QED) is 0.779. The minimum atomic E-state index is -0.279. The van der Waals surface area contributed by atoms with Crippen LogP contribution in [0, 0.1) is 12.7 Å². The van der Waals surface area contributed by atoms with Crippen molar-refractivity contribution in [3.63, 3.8) is 0 Å². The minimum absolute atomic E-state index is 0.279. The van der Waals surface area contributed by atoms with Crippen LogP contribution in [0.2, 0.25) is 0 Å². The third kappa shape index (κ3) is 1.99. The van der Waals surface area contributed by atoms with Crippen LogP contribution in [0.5, 0.6) is 5.75 Å². The minimum Gasteiger partial charge on any atom is -0.496 e. The molecule has 0 aliphatic carbocycles. The number of hydrogen-bond donors (Lipinski definition) is 0. The molecule has 0 radical (unpaired) electrons. The molecule has 1 aromatic heterocycles. The number of benzene rings is 1. The summed E-state index contributed by atoms with van der Waals surface area (Å²) < 4.78 is 18.3. The van der Waals surface area contributed by atoms with E-state index >= 15 is 0 Å². The summed E-state index contributed by atoms with van der Waals surface area (Å²) in [5.41, 5.74) is 1.64. The Kier molecular flexibility index (Phi) is 2.68. The maximum absolute atomic E-state index is 13.1. The molecule has 1 heterocycles. The van der Waals surface area contributed by atoms with Crippen molar-refractivity contribution in [2.75, 3.05) is 7.11 Å². The van der Waals surface area contributed by atoms with Crippen LogP contribution in [0.3, 0.4) is 0 Å². The Hall–Kier alpha value is -1.42. The summed E-state index contributed by atoms with van der Waals surface area (Å²) >= 11 is 1.48. The fourth-order valence-electron chi connectivity index (χ4n) is 1.33. The summed E-state index contributed by atoms with van der Waals surface area (Å²) in [5, 5.41) is 2.71. The third-order valence-electron chi connectivity index (χ3n) is 2.01. The smallest absolute Gasteiger partial charge is 0.129 e. The van der Waals surface area contributed by atoms with Gasteiger partial charge in [0, 0.05) is 11.1 Å². The highest BCUT2D eigenvalue weighted by Gasteiger charge is 2.10. The van der Waals surface area contributed by atoms with Crippen LogP contribution < -0.4 is 4.74 Å². The van der Waals surface area contributed by atoms with Gasteiger partial charge in [-0.3, -0.25) is 0 Å². The van der Waals surface area contributed by atoms with Gasteiger partial charge in [0.2, 0.25) is 0 Å². The van der Waals surface area contributed by atoms with Crippen molar-refractivity contribution < 1.29 is 9.13 Å². The number of rotatable bonds is 2. The number of aromatic nitrogens is 1. The van der Waals surface area contributed by atoms with Crippen molar-refractivity contribution in [3.8, 4) is 16.3 Å². The molecule has 0 aliphatic heterocycles. The molecule has 4 heteroatoms. The van der Waals surface area contributed by atoms with Crippen LogP contribution in [0.15, 0.2) is 23.6 Å². The molecule has 0 N–H and O–H groups in total. The van der Waals surface area contributed by atoms with Gasteiger partial charge in [-0.15, -0.1) is 11.3 Å². The molecule has 0 unspecified atom stereocenters. The Morgan fingerprint density at radius 2 is 2.20 bits per heavy atom. The monoisotopic (exact) mass is 223 g/mol. The molecule has 2 nitrogen and oxygen atoms in total. The summed E-state index contributed by atoms with van der Waals surface area (Å²) in [6, 6.07) is 4.43. The number of aryl methyl sites for hydroxylation is 1. The molecule has 0 bridgehead atoms. The van der Waals surface area contributed by atoms with E-state index < -0.39 is 0 Å². The third-order valence-corrected chi connectivity index (χ3v) is 3.00. The summed E-state index contributed by atoms with van der Waals surface area (Å²) in [5.74, 6) is 0.365. The average molecular weight is 223 g/mol. The molecule has 0 amide bonds. The number of nitrogens with zero attached hydrogens (tertiary/aromatic N) is 1. The Balaban J connectivity index is 2.55. The lowest BCUT2D eigenvalue weighted by atomic mass is 10.2. The normalized spacial score (nSPS) is 10.3. The van der Waals surface area contributed by atoms with E-state index in [1.807, 2.05) is 12.3 Å². The zero-order chi connectivity index (χ0) is 10.8. The first-order valence-electron chi connectivity index (χ1n) is 4.47. The lowest BCUT2D eigenvalue weighted by Crippen LogP contribution is -1.88. The van der Waals surface area contributed by atoms with E-state index in [-0.39, 0.29) is 5.82 Å². The van der Waals surface area contributed by atoms with Crippen molar-refractivity contribution in [3.05, 3.63) is 35.1 Å². The fourth-order valence-corrected chi connectivity index (χ4v) is 2.14. The number of methoxy groups -OCH3 is 1. The molecule has 15 heavy (non-hydrogen) atoms. The summed E-state index contributed by atoms with van der Waals surface area (Å²) in [6.07, 6.45) is 0. The largest absolute Gasteiger partial charge is 0.496 e. The van der Waals surface area contributed by atoms with Gasteiger partial charge in [-0.2, -0.15) is 0 Å². The molecule has 1 aromatic carbocycles. The highest BCUT2D eigenvalue weighted by atomic mass is 32.1. The lowest BCUT2D eigenvalue weighted by Gasteiger charge is -2.05. The molecule has 0 saturated carbocycles. The van der Waals surface area contributed by atoms with Gasteiger partial charge in [0.15, 0.2) is 0 Å². The molecule has 2 rings (SSSR count). The van der Waals surface area contributed by atoms with Crippen LogP contribution in [0.1, 0.15) is 5.69 Å². The van der Waals surface area contributed by atoms with Crippen LogP contribution in [-0.2, 0) is 0 Å². The summed E-state index contributed by atoms with van der Waals surface area (Å²) in [7, 11) is 1.57. The van der Waals surface area contributed by atoms with Crippen LogP contribution >= 0.6 is 11.3 Å². The van der Waals surface area contributed by atoms with Gasteiger partial charge >= 0.3 is 0 Å². The Morgan fingerprint density at radius 3 is 2.80 bits per heavy atom. The molecule has 2 aromatic rings. The second-order valence-corrected chi connectivity index (χ2v) is 4.00. The molecule has 78 valence electrons. The van der Waals surface area contributed by atoms with Gasteiger partial charge in [0.25, 0.3) is 0 Å². The molecule has 0 fully saturated rings. The highest BCUT2D eigenvalue weighted by molar-refractivity contribution is 7.13. The van der Waals surface area contributed by atoms with E-state index in [1.165, 1.54) is 23.5 Å². The van der Waals surface area contributed by atoms with E-state index in [0.29, 0.717) is 11.3 Å². The molecule has 0 spiro atoms. The van der Waals surface area contributed by atoms with E-state index in [2.05, 4.69) is 4.98 Å². The second kappa shape index (κ2) is 3.98. The van der Waals surface area contributed by atoms with Crippen molar-refractivity contribution in [2.45, 2.75) is 6.92 Å². The summed E-state index contributed by atoms with van der Waals surface area (Å²) in [4.78, 5) is 4.30. The zero-order valence-electron chi connectivity index (χ0n) is 8.45. The van der Waals surface area contributed by atoms with Crippen molar-refractivity contribution in [1.82, 2.24) is 4.98 Å². The SMILES string of the molecule is COc1ccc(F)cc1-c1nc(C)cs1. The van der Waals surface area contributed by atoms with Gasteiger partial charge in [0.05, 0.1) is 12.7 Å². The van der Waals surface area contributed by atoms with Crippen LogP contribution in [0.4, 0.5) is 4.39 Å². The molecule has 0 atom stereocenters. The Labute approximate surface area is 91.4 Å². The van der Waals surface area contributed by atoms with E-state index in [1.54, 1.807) is 13.2 Å².